The van der Waals surface area contributed by atoms with E-state index in [0.29, 0.717) is 13.1 Å². The highest BCUT2D eigenvalue weighted by Crippen LogP contribution is 2.41. The number of aliphatic imine (C=N–C) groups is 2. The van der Waals surface area contributed by atoms with Crippen LogP contribution in [-0.2, 0) is 11.8 Å². The van der Waals surface area contributed by atoms with Crippen molar-refractivity contribution in [2.75, 3.05) is 31.1 Å². The van der Waals surface area contributed by atoms with Crippen molar-refractivity contribution in [2.24, 2.45) is 9.98 Å². The van der Waals surface area contributed by atoms with Crippen molar-refractivity contribution >= 4 is 63.4 Å². The van der Waals surface area contributed by atoms with Crippen molar-refractivity contribution in [1.82, 2.24) is 0 Å². The van der Waals surface area contributed by atoms with Crippen LogP contribution < -0.4 is 21.9 Å². The van der Waals surface area contributed by atoms with Crippen LogP contribution in [0.15, 0.2) is 105 Å². The van der Waals surface area contributed by atoms with E-state index in [1.165, 1.54) is 45.1 Å². The van der Waals surface area contributed by atoms with E-state index < -0.39 is 0 Å². The zero-order chi connectivity index (χ0) is 30.2. The van der Waals surface area contributed by atoms with Gasteiger partial charge in [-0.1, -0.05) is 60.2 Å². The molecule has 228 valence electrons. The van der Waals surface area contributed by atoms with Gasteiger partial charge in [-0.3, -0.25) is 0 Å². The monoisotopic (exact) mass is 704 g/mol. The van der Waals surface area contributed by atoms with E-state index in [4.69, 9.17) is 36.0 Å². The summed E-state index contributed by atoms with van der Waals surface area (Å²) in [7, 11) is 0. The van der Waals surface area contributed by atoms with Gasteiger partial charge in [0.05, 0.1) is 28.8 Å². The Hall–Kier alpha value is -2.76. The van der Waals surface area contributed by atoms with E-state index in [9.17, 15) is 0 Å². The van der Waals surface area contributed by atoms with Gasteiger partial charge in [0, 0.05) is 53.5 Å². The zero-order valence-electron chi connectivity index (χ0n) is 25.4. The Balaban J connectivity index is 0.00000442. The molecule has 1 aliphatic carbocycles. The summed E-state index contributed by atoms with van der Waals surface area (Å²) >= 11 is 16.6. The molecule has 0 atom stereocenters. The first-order valence-corrected chi connectivity index (χ1v) is 16.3. The third-order valence-corrected chi connectivity index (χ3v) is 9.35. The minimum absolute atomic E-state index is 0. The molecule has 0 spiro atoms. The van der Waals surface area contributed by atoms with Crippen molar-refractivity contribution in [3.05, 3.63) is 106 Å². The molecular weight excluding hydrogens is 668 g/mol. The number of anilines is 1. The molecule has 0 N–H and O–H groups in total. The number of hydrogen-bond donors (Lipinski definition) is 0. The second kappa shape index (κ2) is 16.0. The number of benzene rings is 2. The van der Waals surface area contributed by atoms with Gasteiger partial charge in [0.2, 0.25) is 5.69 Å². The fraction of sp³-hybridized carbons (Fsp3) is 0.361. The first-order chi connectivity index (χ1) is 21.0. The van der Waals surface area contributed by atoms with Crippen LogP contribution in [0, 0.1) is 0 Å². The highest BCUT2D eigenvalue weighted by atomic mass is 79.9. The molecule has 0 unspecified atom stereocenters. The summed E-state index contributed by atoms with van der Waals surface area (Å²) < 4.78 is 2.44. The van der Waals surface area contributed by atoms with Crippen LogP contribution >= 0.6 is 36.0 Å². The zero-order valence-corrected chi connectivity index (χ0v) is 29.3. The Bertz CT molecular complexity index is 1640. The van der Waals surface area contributed by atoms with Crippen molar-refractivity contribution < 1.29 is 21.6 Å². The van der Waals surface area contributed by atoms with Gasteiger partial charge in [0.15, 0.2) is 12.3 Å². The van der Waals surface area contributed by atoms with Crippen LogP contribution in [0.25, 0.3) is 0 Å². The fourth-order valence-electron chi connectivity index (χ4n) is 6.46. The van der Waals surface area contributed by atoms with Gasteiger partial charge in [0.25, 0.3) is 0 Å². The molecule has 2 aromatic rings. The quantitative estimate of drug-likeness (QED) is 0.122. The summed E-state index contributed by atoms with van der Waals surface area (Å²) in [5.74, 6) is 0. The molecule has 0 fully saturated rings. The molecule has 0 saturated carbocycles. The van der Waals surface area contributed by atoms with Gasteiger partial charge in [-0.25, -0.2) is 9.98 Å². The number of rotatable bonds is 11. The molecule has 0 bridgehead atoms. The maximum absolute atomic E-state index is 7.11. The Morgan fingerprint density at radius 1 is 0.955 bits per heavy atom. The SMILES string of the molecule is CC1(C)C(/C=C/C2=C(Cl)C(=C/C=C3\Cc4ccccc4N3CCCN=C=S)/CCC2)=[N+](CCCN=C=S)c2ccccc21.[Br-]. The van der Waals surface area contributed by atoms with Gasteiger partial charge < -0.3 is 21.9 Å². The van der Waals surface area contributed by atoms with Crippen LogP contribution in [0.5, 0.6) is 0 Å². The summed E-state index contributed by atoms with van der Waals surface area (Å²) in [6, 6.07) is 17.4. The lowest BCUT2D eigenvalue weighted by molar-refractivity contribution is -0.437. The first kappa shape index (κ1) is 34.1. The number of para-hydroxylation sites is 2. The number of allylic oxidation sites excluding steroid dienone is 8. The summed E-state index contributed by atoms with van der Waals surface area (Å²) in [5, 5.41) is 5.85. The number of nitrogens with zero attached hydrogens (tertiary/aromatic N) is 4. The highest BCUT2D eigenvalue weighted by Gasteiger charge is 2.43. The number of hydrogen-bond acceptors (Lipinski definition) is 5. The van der Waals surface area contributed by atoms with Crippen LogP contribution in [0.4, 0.5) is 11.4 Å². The third kappa shape index (κ3) is 7.54. The van der Waals surface area contributed by atoms with E-state index in [1.807, 2.05) is 0 Å². The second-order valence-corrected chi connectivity index (χ2v) is 12.4. The summed E-state index contributed by atoms with van der Waals surface area (Å²) in [4.78, 5) is 10.7. The average Bonchev–Trinajstić information content (AvgIpc) is 3.47. The second-order valence-electron chi connectivity index (χ2n) is 11.7. The number of thiocarbonyl (C=S) groups is 2. The predicted octanol–water partition coefficient (Wildman–Crippen LogP) is 6.16. The summed E-state index contributed by atoms with van der Waals surface area (Å²) in [5.41, 5.74) is 10.1. The van der Waals surface area contributed by atoms with Crippen molar-refractivity contribution in [1.29, 1.82) is 0 Å². The van der Waals surface area contributed by atoms with Crippen LogP contribution in [-0.4, -0.2) is 46.8 Å². The largest absolute Gasteiger partial charge is 1.00 e. The molecule has 8 heteroatoms. The van der Waals surface area contributed by atoms with Crippen LogP contribution in [0.2, 0.25) is 0 Å². The van der Waals surface area contributed by atoms with E-state index in [1.54, 1.807) is 0 Å². The molecule has 3 aliphatic rings. The Morgan fingerprint density at radius 2 is 1.68 bits per heavy atom. The summed E-state index contributed by atoms with van der Waals surface area (Å²) in [6.45, 7) is 7.77. The molecule has 0 radical (unpaired) electrons. The topological polar surface area (TPSA) is 31.0 Å². The minimum atomic E-state index is -0.110. The first-order valence-electron chi connectivity index (χ1n) is 15.1. The maximum atomic E-state index is 7.11. The predicted molar refractivity (Wildman–Crippen MR) is 188 cm³/mol. The molecule has 0 aromatic heterocycles. The van der Waals surface area contributed by atoms with E-state index in [-0.39, 0.29) is 22.4 Å². The molecule has 2 aliphatic heterocycles. The Kier molecular flexibility index (Phi) is 12.4. The molecule has 0 amide bonds. The van der Waals surface area contributed by atoms with Crippen molar-refractivity contribution in [3.8, 4) is 0 Å². The fourth-order valence-corrected chi connectivity index (χ4v) is 6.95. The van der Waals surface area contributed by atoms with Gasteiger partial charge in [-0.05, 0) is 92.8 Å². The molecule has 0 saturated heterocycles. The Labute approximate surface area is 288 Å². The normalized spacial score (nSPS) is 18.8. The summed E-state index contributed by atoms with van der Waals surface area (Å²) in [6.07, 6.45) is 14.9. The van der Waals surface area contributed by atoms with Crippen LogP contribution in [0.3, 0.4) is 0 Å². The van der Waals surface area contributed by atoms with Gasteiger partial charge in [0.1, 0.15) is 0 Å². The number of halogens is 2. The molecule has 44 heavy (non-hydrogen) atoms. The van der Waals surface area contributed by atoms with Gasteiger partial charge in [-0.15, -0.1) is 0 Å². The van der Waals surface area contributed by atoms with Crippen molar-refractivity contribution in [2.45, 2.75) is 57.8 Å². The lowest BCUT2D eigenvalue weighted by Gasteiger charge is -2.21. The molecule has 4 nitrogen and oxygen atoms in total. The van der Waals surface area contributed by atoms with Gasteiger partial charge in [-0.2, -0.15) is 4.58 Å². The van der Waals surface area contributed by atoms with E-state index in [2.05, 4.69) is 116 Å². The minimum Gasteiger partial charge on any atom is -1.00 e. The maximum Gasteiger partial charge on any atom is 0.209 e. The standard InChI is InChI=1S/C36H38ClN4S2.BrH/c1-36(2)31-13-4-6-15-33(31)41(23-9-21-39-26-43)34(36)19-17-28-12-7-11-27(35(28)37)16-18-30-24-29-10-3-5-14-32(29)40(30)22-8-20-38-25-42;/h3-6,10,13-19H,7-9,11-12,20-24H2,1-2H3;1H/q+1;/p-1. The van der Waals surface area contributed by atoms with E-state index in [0.717, 1.165) is 56.6 Å². The Morgan fingerprint density at radius 3 is 2.48 bits per heavy atom. The number of isothiocyanates is 2. The third-order valence-electron chi connectivity index (χ3n) is 8.61. The van der Waals surface area contributed by atoms with E-state index >= 15 is 0 Å². The lowest BCUT2D eigenvalue weighted by atomic mass is 9.81. The molecule has 2 heterocycles. The highest BCUT2D eigenvalue weighted by molar-refractivity contribution is 7.78. The molecule has 2 aromatic carbocycles. The average molecular weight is 706 g/mol. The smallest absolute Gasteiger partial charge is 0.209 e. The molecular formula is C36H38BrClN4S2. The molecule has 5 rings (SSSR count). The van der Waals surface area contributed by atoms with Gasteiger partial charge >= 0.3 is 0 Å². The number of fused-ring (bicyclic) bond motifs is 2. The van der Waals surface area contributed by atoms with Crippen LogP contribution in [0.1, 0.15) is 57.1 Å². The lowest BCUT2D eigenvalue weighted by Crippen LogP contribution is -3.00. The van der Waals surface area contributed by atoms with Crippen molar-refractivity contribution in [3.63, 3.8) is 0 Å².